The molecule has 94 valence electrons. The molecule has 19 heavy (non-hydrogen) atoms. The summed E-state index contributed by atoms with van der Waals surface area (Å²) in [6, 6.07) is 11.5. The monoisotopic (exact) mass is 333 g/mol. The van der Waals surface area contributed by atoms with Crippen molar-refractivity contribution >= 4 is 27.5 Å². The maximum atomic E-state index is 6.18. The number of rotatable bonds is 2. The molecule has 0 aliphatic rings. The fourth-order valence-electron chi connectivity index (χ4n) is 1.79. The van der Waals surface area contributed by atoms with Crippen molar-refractivity contribution in [3.05, 3.63) is 64.5 Å². The lowest BCUT2D eigenvalue weighted by molar-refractivity contribution is 0.846. The molecule has 0 unspecified atom stereocenters. The molecule has 0 spiro atoms. The van der Waals surface area contributed by atoms with Gasteiger partial charge in [-0.15, -0.1) is 0 Å². The van der Waals surface area contributed by atoms with Gasteiger partial charge in [0.25, 0.3) is 0 Å². The van der Waals surface area contributed by atoms with Crippen LogP contribution in [0.15, 0.2) is 59.5 Å². The third kappa shape index (κ3) is 2.55. The predicted molar refractivity (Wildman–Crippen MR) is 79.5 cm³/mol. The number of halogens is 2. The molecule has 0 N–H and O–H groups in total. The Morgan fingerprint density at radius 2 is 1.89 bits per heavy atom. The van der Waals surface area contributed by atoms with Gasteiger partial charge in [0.1, 0.15) is 0 Å². The molecule has 0 bridgehead atoms. The van der Waals surface area contributed by atoms with Crippen LogP contribution in [0.4, 0.5) is 0 Å². The lowest BCUT2D eigenvalue weighted by Gasteiger charge is -2.00. The zero-order chi connectivity index (χ0) is 13.2. The van der Waals surface area contributed by atoms with E-state index in [1.54, 1.807) is 17.1 Å². The van der Waals surface area contributed by atoms with E-state index in [1.165, 1.54) is 0 Å². The lowest BCUT2D eigenvalue weighted by Crippen LogP contribution is -1.96. The number of benzene rings is 1. The Morgan fingerprint density at radius 3 is 2.63 bits per heavy atom. The largest absolute Gasteiger partial charge is 0.236 e. The highest BCUT2D eigenvalue weighted by Gasteiger charge is 2.06. The van der Waals surface area contributed by atoms with Gasteiger partial charge in [-0.05, 0) is 34.1 Å². The van der Waals surface area contributed by atoms with Crippen LogP contribution in [-0.4, -0.2) is 14.8 Å². The van der Waals surface area contributed by atoms with Gasteiger partial charge < -0.3 is 0 Å². The van der Waals surface area contributed by atoms with E-state index in [0.717, 1.165) is 21.4 Å². The van der Waals surface area contributed by atoms with Gasteiger partial charge in [-0.3, -0.25) is 0 Å². The van der Waals surface area contributed by atoms with E-state index < -0.39 is 0 Å². The summed E-state index contributed by atoms with van der Waals surface area (Å²) in [5, 5.41) is 5.03. The highest BCUT2D eigenvalue weighted by Crippen LogP contribution is 2.27. The van der Waals surface area contributed by atoms with Gasteiger partial charge in [-0.2, -0.15) is 5.10 Å². The van der Waals surface area contributed by atoms with Crippen molar-refractivity contribution in [3.8, 4) is 16.9 Å². The number of hydrogen-bond donors (Lipinski definition) is 0. The van der Waals surface area contributed by atoms with E-state index in [1.807, 2.05) is 42.6 Å². The molecule has 3 aromatic rings. The normalized spacial score (nSPS) is 10.6. The molecule has 2 heterocycles. The third-order valence-electron chi connectivity index (χ3n) is 2.71. The maximum Gasteiger partial charge on any atom is 0.153 e. The van der Waals surface area contributed by atoms with Crippen LogP contribution in [0.3, 0.4) is 0 Å². The van der Waals surface area contributed by atoms with Crippen molar-refractivity contribution in [1.82, 2.24) is 14.8 Å². The third-order valence-corrected chi connectivity index (χ3v) is 3.51. The van der Waals surface area contributed by atoms with E-state index in [4.69, 9.17) is 11.6 Å². The van der Waals surface area contributed by atoms with Crippen molar-refractivity contribution in [2.45, 2.75) is 0 Å². The summed E-state index contributed by atoms with van der Waals surface area (Å²) in [5.41, 5.74) is 1.93. The van der Waals surface area contributed by atoms with Gasteiger partial charge in [0.05, 0.1) is 6.20 Å². The van der Waals surface area contributed by atoms with Crippen LogP contribution < -0.4 is 0 Å². The average Bonchev–Trinajstić information content (AvgIpc) is 2.89. The molecule has 1 aromatic carbocycles. The van der Waals surface area contributed by atoms with Crippen LogP contribution in [0.5, 0.6) is 0 Å². The van der Waals surface area contributed by atoms with Crippen LogP contribution >= 0.6 is 27.5 Å². The smallest absolute Gasteiger partial charge is 0.153 e. The van der Waals surface area contributed by atoms with E-state index in [9.17, 15) is 0 Å². The first kappa shape index (κ1) is 12.4. The van der Waals surface area contributed by atoms with Crippen molar-refractivity contribution < 1.29 is 0 Å². The molecule has 2 aromatic heterocycles. The molecule has 0 atom stereocenters. The minimum Gasteiger partial charge on any atom is -0.236 e. The van der Waals surface area contributed by atoms with Crippen LogP contribution in [-0.2, 0) is 0 Å². The molecule has 0 amide bonds. The second-order valence-corrected chi connectivity index (χ2v) is 5.31. The Kier molecular flexibility index (Phi) is 3.36. The average molecular weight is 335 g/mol. The Bertz CT molecular complexity index is 707. The van der Waals surface area contributed by atoms with Crippen LogP contribution in [0.1, 0.15) is 0 Å². The molecule has 0 fully saturated rings. The zero-order valence-electron chi connectivity index (χ0n) is 9.79. The SMILES string of the molecule is Clc1ccccc1-c1cnn(-c2ccc(Br)cn2)c1. The highest BCUT2D eigenvalue weighted by molar-refractivity contribution is 9.10. The van der Waals surface area contributed by atoms with Gasteiger partial charge in [0.2, 0.25) is 0 Å². The molecule has 3 nitrogen and oxygen atoms in total. The molecule has 0 aliphatic heterocycles. The summed E-state index contributed by atoms with van der Waals surface area (Å²) in [6.45, 7) is 0. The fraction of sp³-hybridized carbons (Fsp3) is 0. The highest BCUT2D eigenvalue weighted by atomic mass is 79.9. The topological polar surface area (TPSA) is 30.7 Å². The maximum absolute atomic E-state index is 6.18. The number of aromatic nitrogens is 3. The summed E-state index contributed by atoms with van der Waals surface area (Å²) < 4.78 is 2.67. The summed E-state index contributed by atoms with van der Waals surface area (Å²) >= 11 is 9.54. The predicted octanol–water partition coefficient (Wildman–Crippen LogP) is 4.35. The number of nitrogens with zero attached hydrogens (tertiary/aromatic N) is 3. The summed E-state index contributed by atoms with van der Waals surface area (Å²) in [4.78, 5) is 4.30. The fourth-order valence-corrected chi connectivity index (χ4v) is 2.27. The lowest BCUT2D eigenvalue weighted by atomic mass is 10.1. The summed E-state index contributed by atoms with van der Waals surface area (Å²) in [6.07, 6.45) is 5.44. The summed E-state index contributed by atoms with van der Waals surface area (Å²) in [5.74, 6) is 0.765. The Balaban J connectivity index is 2.00. The first-order chi connectivity index (χ1) is 9.24. The zero-order valence-corrected chi connectivity index (χ0v) is 12.1. The van der Waals surface area contributed by atoms with E-state index in [-0.39, 0.29) is 0 Å². The molecular weight excluding hydrogens is 326 g/mol. The molecule has 0 saturated heterocycles. The second kappa shape index (κ2) is 5.15. The first-order valence-electron chi connectivity index (χ1n) is 5.65. The van der Waals surface area contributed by atoms with E-state index >= 15 is 0 Å². The van der Waals surface area contributed by atoms with Crippen molar-refractivity contribution in [2.75, 3.05) is 0 Å². The minimum absolute atomic E-state index is 0.714. The second-order valence-electron chi connectivity index (χ2n) is 3.99. The van der Waals surface area contributed by atoms with Crippen molar-refractivity contribution in [3.63, 3.8) is 0 Å². The molecule has 0 aliphatic carbocycles. The molecule has 5 heteroatoms. The van der Waals surface area contributed by atoms with Crippen LogP contribution in [0.25, 0.3) is 16.9 Å². The number of hydrogen-bond acceptors (Lipinski definition) is 2. The van der Waals surface area contributed by atoms with Crippen molar-refractivity contribution in [1.29, 1.82) is 0 Å². The van der Waals surface area contributed by atoms with Crippen LogP contribution in [0.2, 0.25) is 5.02 Å². The molecule has 0 radical (unpaired) electrons. The molecule has 3 rings (SSSR count). The first-order valence-corrected chi connectivity index (χ1v) is 6.82. The Morgan fingerprint density at radius 1 is 1.05 bits per heavy atom. The van der Waals surface area contributed by atoms with E-state index in [0.29, 0.717) is 5.02 Å². The van der Waals surface area contributed by atoms with Crippen LogP contribution in [0, 0.1) is 0 Å². The Labute approximate surface area is 124 Å². The standard InChI is InChI=1S/C14H9BrClN3/c15-11-5-6-14(17-8-11)19-9-10(7-18-19)12-3-1-2-4-13(12)16/h1-9H. The van der Waals surface area contributed by atoms with Gasteiger partial charge in [-0.1, -0.05) is 29.8 Å². The van der Waals surface area contributed by atoms with Gasteiger partial charge in [-0.25, -0.2) is 9.67 Å². The quantitative estimate of drug-likeness (QED) is 0.697. The molecule has 0 saturated carbocycles. The Hall–Kier alpha value is -1.65. The summed E-state index contributed by atoms with van der Waals surface area (Å²) in [7, 11) is 0. The van der Waals surface area contributed by atoms with E-state index in [2.05, 4.69) is 26.0 Å². The minimum atomic E-state index is 0.714. The van der Waals surface area contributed by atoms with Crippen molar-refractivity contribution in [2.24, 2.45) is 0 Å². The van der Waals surface area contributed by atoms with Gasteiger partial charge in [0, 0.05) is 33.0 Å². The molecular formula is C14H9BrClN3. The number of pyridine rings is 1. The van der Waals surface area contributed by atoms with Gasteiger partial charge in [0.15, 0.2) is 5.82 Å². The van der Waals surface area contributed by atoms with Gasteiger partial charge >= 0.3 is 0 Å².